The number of hydrogen-bond acceptors (Lipinski definition) is 4. The maximum atomic E-state index is 12.8. The van der Waals surface area contributed by atoms with Gasteiger partial charge in [0.2, 0.25) is 9.84 Å². The van der Waals surface area contributed by atoms with Gasteiger partial charge < -0.3 is 10.2 Å². The SMILES string of the molecule is CCCCN(C)c1ccc(C(=O)Nc2ccccc2S(=O)(=O)C(F)F)cc1. The van der Waals surface area contributed by atoms with E-state index in [-0.39, 0.29) is 5.69 Å². The summed E-state index contributed by atoms with van der Waals surface area (Å²) in [6.45, 7) is 2.99. The van der Waals surface area contributed by atoms with Crippen LogP contribution in [-0.2, 0) is 9.84 Å². The molecule has 0 aliphatic heterocycles. The van der Waals surface area contributed by atoms with Gasteiger partial charge in [0, 0.05) is 24.8 Å². The van der Waals surface area contributed by atoms with Crippen LogP contribution in [0.2, 0.25) is 0 Å². The highest BCUT2D eigenvalue weighted by Crippen LogP contribution is 2.26. The molecule has 0 saturated carbocycles. The van der Waals surface area contributed by atoms with Gasteiger partial charge in [0.1, 0.15) is 0 Å². The Morgan fingerprint density at radius 3 is 2.33 bits per heavy atom. The number of hydrogen-bond donors (Lipinski definition) is 1. The Morgan fingerprint density at radius 1 is 1.11 bits per heavy atom. The highest BCUT2D eigenvalue weighted by atomic mass is 32.2. The number of rotatable bonds is 8. The number of benzene rings is 2. The van der Waals surface area contributed by atoms with E-state index in [9.17, 15) is 22.0 Å². The van der Waals surface area contributed by atoms with Gasteiger partial charge in [-0.25, -0.2) is 8.42 Å². The van der Waals surface area contributed by atoms with Crippen molar-refractivity contribution in [1.29, 1.82) is 0 Å². The summed E-state index contributed by atoms with van der Waals surface area (Å²) in [5.41, 5.74) is 1.07. The molecule has 27 heavy (non-hydrogen) atoms. The molecule has 0 fully saturated rings. The highest BCUT2D eigenvalue weighted by molar-refractivity contribution is 7.91. The molecule has 2 aromatic rings. The van der Waals surface area contributed by atoms with Crippen molar-refractivity contribution < 1.29 is 22.0 Å². The first kappa shape index (κ1) is 20.8. The first-order valence-electron chi connectivity index (χ1n) is 8.51. The van der Waals surface area contributed by atoms with E-state index in [1.807, 2.05) is 7.05 Å². The minimum Gasteiger partial charge on any atom is -0.375 e. The molecule has 2 rings (SSSR count). The third-order valence-corrected chi connectivity index (χ3v) is 5.53. The molecule has 0 aliphatic carbocycles. The fourth-order valence-electron chi connectivity index (χ4n) is 2.50. The van der Waals surface area contributed by atoms with E-state index in [0.717, 1.165) is 31.1 Å². The largest absolute Gasteiger partial charge is 0.375 e. The fraction of sp³-hybridized carbons (Fsp3) is 0.316. The van der Waals surface area contributed by atoms with E-state index in [2.05, 4.69) is 17.1 Å². The number of unbranched alkanes of at least 4 members (excludes halogenated alkanes) is 1. The Bertz CT molecular complexity index is 884. The molecule has 1 amide bonds. The number of para-hydroxylation sites is 1. The van der Waals surface area contributed by atoms with Crippen LogP contribution < -0.4 is 10.2 Å². The number of halogens is 2. The second-order valence-electron chi connectivity index (χ2n) is 6.08. The van der Waals surface area contributed by atoms with Gasteiger partial charge in [-0.1, -0.05) is 25.5 Å². The molecular formula is C19H22F2N2O3S. The summed E-state index contributed by atoms with van der Waals surface area (Å²) >= 11 is 0. The van der Waals surface area contributed by atoms with Gasteiger partial charge in [-0.2, -0.15) is 8.78 Å². The molecule has 0 atom stereocenters. The Morgan fingerprint density at radius 2 is 1.74 bits per heavy atom. The number of sulfone groups is 1. The predicted octanol–water partition coefficient (Wildman–Crippen LogP) is 4.17. The summed E-state index contributed by atoms with van der Waals surface area (Å²) in [6, 6.07) is 11.9. The van der Waals surface area contributed by atoms with Crippen molar-refractivity contribution in [3.8, 4) is 0 Å². The molecule has 5 nitrogen and oxygen atoms in total. The molecule has 0 heterocycles. The molecule has 1 N–H and O–H groups in total. The van der Waals surface area contributed by atoms with E-state index < -0.39 is 26.4 Å². The van der Waals surface area contributed by atoms with E-state index in [1.165, 1.54) is 18.2 Å². The molecule has 0 saturated heterocycles. The lowest BCUT2D eigenvalue weighted by Gasteiger charge is -2.19. The Labute approximate surface area is 157 Å². The van der Waals surface area contributed by atoms with Gasteiger partial charge in [0.05, 0.1) is 10.6 Å². The maximum Gasteiger partial charge on any atom is 0.341 e. The number of amides is 1. The lowest BCUT2D eigenvalue weighted by Crippen LogP contribution is -2.19. The van der Waals surface area contributed by atoms with Crippen LogP contribution in [0.3, 0.4) is 0 Å². The highest BCUT2D eigenvalue weighted by Gasteiger charge is 2.29. The van der Waals surface area contributed by atoms with Crippen molar-refractivity contribution in [3.63, 3.8) is 0 Å². The minimum atomic E-state index is -4.82. The van der Waals surface area contributed by atoms with Crippen LogP contribution in [0, 0.1) is 0 Å². The molecule has 0 unspecified atom stereocenters. The van der Waals surface area contributed by atoms with Gasteiger partial charge >= 0.3 is 5.76 Å². The van der Waals surface area contributed by atoms with Gasteiger partial charge in [-0.3, -0.25) is 4.79 Å². The zero-order valence-corrected chi connectivity index (χ0v) is 16.0. The third kappa shape index (κ3) is 5.03. The first-order chi connectivity index (χ1) is 12.8. The van der Waals surface area contributed by atoms with Gasteiger partial charge in [0.15, 0.2) is 0 Å². The summed E-state index contributed by atoms with van der Waals surface area (Å²) in [6.07, 6.45) is 2.12. The number of alkyl halides is 2. The molecule has 0 bridgehead atoms. The smallest absolute Gasteiger partial charge is 0.341 e. The number of nitrogens with zero attached hydrogens (tertiary/aromatic N) is 1. The van der Waals surface area contributed by atoms with Crippen LogP contribution in [0.1, 0.15) is 30.1 Å². The number of carbonyl (C=O) groups excluding carboxylic acids is 1. The summed E-state index contributed by atoms with van der Waals surface area (Å²) in [5, 5.41) is 2.41. The Kier molecular flexibility index (Phi) is 6.90. The Hall–Kier alpha value is -2.48. The average Bonchev–Trinajstić information content (AvgIpc) is 2.66. The maximum absolute atomic E-state index is 12.8. The number of nitrogens with one attached hydrogen (secondary N) is 1. The number of carbonyl (C=O) groups is 1. The van der Waals surface area contributed by atoms with Gasteiger partial charge in [-0.05, 0) is 42.8 Å². The van der Waals surface area contributed by atoms with E-state index in [4.69, 9.17) is 0 Å². The lowest BCUT2D eigenvalue weighted by atomic mass is 10.1. The molecule has 0 aliphatic rings. The standard InChI is InChI=1S/C19H22F2N2O3S/c1-3-4-13-23(2)15-11-9-14(10-12-15)18(24)22-16-7-5-6-8-17(16)27(25,26)19(20)21/h5-12,19H,3-4,13H2,1-2H3,(H,22,24). The van der Waals surface area contributed by atoms with Crippen molar-refractivity contribution in [3.05, 3.63) is 54.1 Å². The van der Waals surface area contributed by atoms with Crippen molar-refractivity contribution in [1.82, 2.24) is 0 Å². The summed E-state index contributed by atoms with van der Waals surface area (Å²) in [5.74, 6) is -4.14. The molecular weight excluding hydrogens is 374 g/mol. The monoisotopic (exact) mass is 396 g/mol. The second kappa shape index (κ2) is 8.94. The predicted molar refractivity (Wildman–Crippen MR) is 102 cm³/mol. The molecule has 0 spiro atoms. The molecule has 8 heteroatoms. The summed E-state index contributed by atoms with van der Waals surface area (Å²) < 4.78 is 49.2. The van der Waals surface area contributed by atoms with Crippen molar-refractivity contribution in [2.24, 2.45) is 0 Å². The first-order valence-corrected chi connectivity index (χ1v) is 10.1. The molecule has 0 aromatic heterocycles. The van der Waals surface area contributed by atoms with Crippen molar-refractivity contribution in [2.45, 2.75) is 30.4 Å². The second-order valence-corrected chi connectivity index (χ2v) is 7.96. The van der Waals surface area contributed by atoms with Crippen LogP contribution in [0.15, 0.2) is 53.4 Å². The van der Waals surface area contributed by atoms with Crippen LogP contribution in [0.5, 0.6) is 0 Å². The quantitative estimate of drug-likeness (QED) is 0.727. The average molecular weight is 396 g/mol. The topological polar surface area (TPSA) is 66.5 Å². The summed E-state index contributed by atoms with van der Waals surface area (Å²) in [7, 11) is -2.86. The van der Waals surface area contributed by atoms with Gasteiger partial charge in [-0.15, -0.1) is 0 Å². The zero-order valence-electron chi connectivity index (χ0n) is 15.2. The van der Waals surface area contributed by atoms with Crippen LogP contribution >= 0.6 is 0 Å². The van der Waals surface area contributed by atoms with Crippen LogP contribution in [0.4, 0.5) is 20.2 Å². The normalized spacial score (nSPS) is 11.4. The fourth-order valence-corrected chi connectivity index (χ4v) is 3.39. The Balaban J connectivity index is 2.19. The van der Waals surface area contributed by atoms with E-state index in [1.54, 1.807) is 24.3 Å². The number of anilines is 2. The molecule has 146 valence electrons. The summed E-state index contributed by atoms with van der Waals surface area (Å²) in [4.78, 5) is 13.9. The van der Waals surface area contributed by atoms with Crippen molar-refractivity contribution in [2.75, 3.05) is 23.8 Å². The molecule has 0 radical (unpaired) electrons. The lowest BCUT2D eigenvalue weighted by molar-refractivity contribution is 0.102. The van der Waals surface area contributed by atoms with E-state index >= 15 is 0 Å². The molecule has 2 aromatic carbocycles. The zero-order chi connectivity index (χ0) is 20.0. The van der Waals surface area contributed by atoms with Crippen molar-refractivity contribution >= 4 is 27.1 Å². The van der Waals surface area contributed by atoms with Crippen LogP contribution in [-0.4, -0.2) is 33.7 Å². The van der Waals surface area contributed by atoms with E-state index in [0.29, 0.717) is 5.56 Å². The third-order valence-electron chi connectivity index (χ3n) is 4.09. The van der Waals surface area contributed by atoms with Gasteiger partial charge in [0.25, 0.3) is 5.91 Å². The minimum absolute atomic E-state index is 0.174. The van der Waals surface area contributed by atoms with Crippen LogP contribution in [0.25, 0.3) is 0 Å².